The van der Waals surface area contributed by atoms with Crippen molar-refractivity contribution < 1.29 is 30.9 Å². The standard InChI is InChI=1S/C23H18F6N6O/c1-11-16-9-14(4-5-17(16)36-33-11)34-10-30-32-21(34)20-12-2-3-15(6-12)35(20)19-8-13(22(24,25)26)7-18(31-19)23(27,28)29/h4-5,7-10,12,15,20H,2-3,6H2,1H3/t12-,15+,20-/m0/s1. The van der Waals surface area contributed by atoms with Crippen molar-refractivity contribution in [3.8, 4) is 5.69 Å². The van der Waals surface area contributed by atoms with Crippen LogP contribution in [0.15, 0.2) is 41.2 Å². The van der Waals surface area contributed by atoms with Crippen molar-refractivity contribution in [2.75, 3.05) is 4.90 Å². The van der Waals surface area contributed by atoms with Crippen LogP contribution >= 0.6 is 0 Å². The summed E-state index contributed by atoms with van der Waals surface area (Å²) in [5, 5.41) is 13.0. The number of halogens is 6. The first-order valence-electron chi connectivity index (χ1n) is 11.2. The highest BCUT2D eigenvalue weighted by Gasteiger charge is 2.50. The minimum atomic E-state index is -5.03. The number of hydrogen-bond donors (Lipinski definition) is 0. The van der Waals surface area contributed by atoms with Crippen LogP contribution in [0.4, 0.5) is 32.2 Å². The average Bonchev–Trinajstić information content (AvgIpc) is 3.61. The zero-order valence-corrected chi connectivity index (χ0v) is 18.7. The molecule has 2 aliphatic rings. The molecular weight excluding hydrogens is 490 g/mol. The van der Waals surface area contributed by atoms with E-state index in [9.17, 15) is 26.3 Å². The third kappa shape index (κ3) is 3.59. The molecule has 2 fully saturated rings. The number of anilines is 1. The van der Waals surface area contributed by atoms with Gasteiger partial charge in [-0.15, -0.1) is 10.2 Å². The molecule has 0 amide bonds. The summed E-state index contributed by atoms with van der Waals surface area (Å²) in [7, 11) is 0. The highest BCUT2D eigenvalue weighted by atomic mass is 19.4. The van der Waals surface area contributed by atoms with Crippen molar-refractivity contribution in [2.45, 2.75) is 50.6 Å². The Morgan fingerprint density at radius 2 is 1.81 bits per heavy atom. The van der Waals surface area contributed by atoms with Crippen molar-refractivity contribution in [3.05, 3.63) is 59.4 Å². The smallest absolute Gasteiger partial charge is 0.356 e. The van der Waals surface area contributed by atoms with Gasteiger partial charge in [-0.05, 0) is 62.4 Å². The summed E-state index contributed by atoms with van der Waals surface area (Å²) in [4.78, 5) is 5.21. The largest absolute Gasteiger partial charge is 0.433 e. The second-order valence-corrected chi connectivity index (χ2v) is 9.18. The lowest BCUT2D eigenvalue weighted by Crippen LogP contribution is -2.37. The van der Waals surface area contributed by atoms with Gasteiger partial charge in [0, 0.05) is 17.1 Å². The van der Waals surface area contributed by atoms with Gasteiger partial charge >= 0.3 is 12.4 Å². The van der Waals surface area contributed by atoms with Crippen LogP contribution in [0.2, 0.25) is 0 Å². The van der Waals surface area contributed by atoms with E-state index in [2.05, 4.69) is 20.3 Å². The number of nitrogens with zero attached hydrogens (tertiary/aromatic N) is 6. The Morgan fingerprint density at radius 1 is 1.00 bits per heavy atom. The van der Waals surface area contributed by atoms with Gasteiger partial charge in [0.1, 0.15) is 17.8 Å². The Kier molecular flexibility index (Phi) is 4.86. The Hall–Kier alpha value is -3.64. The predicted octanol–water partition coefficient (Wildman–Crippen LogP) is 5.88. The second kappa shape index (κ2) is 7.68. The summed E-state index contributed by atoms with van der Waals surface area (Å²) in [6.07, 6.45) is -6.49. The van der Waals surface area contributed by atoms with Crippen molar-refractivity contribution in [1.29, 1.82) is 0 Å². The summed E-state index contributed by atoms with van der Waals surface area (Å²) in [5.74, 6) is 0.0300. The monoisotopic (exact) mass is 508 g/mol. The van der Waals surface area contributed by atoms with E-state index in [0.717, 1.165) is 11.8 Å². The van der Waals surface area contributed by atoms with Gasteiger partial charge in [-0.25, -0.2) is 4.98 Å². The second-order valence-electron chi connectivity index (χ2n) is 9.18. The Morgan fingerprint density at radius 3 is 2.56 bits per heavy atom. The molecular formula is C23H18F6N6O. The molecule has 1 aliphatic carbocycles. The number of rotatable bonds is 3. The van der Waals surface area contributed by atoms with E-state index >= 15 is 0 Å². The molecule has 4 heterocycles. The van der Waals surface area contributed by atoms with Gasteiger partial charge in [0.25, 0.3) is 0 Å². The molecule has 0 spiro atoms. The van der Waals surface area contributed by atoms with E-state index in [1.54, 1.807) is 28.5 Å². The van der Waals surface area contributed by atoms with E-state index in [0.29, 0.717) is 41.7 Å². The number of pyridine rings is 1. The summed E-state index contributed by atoms with van der Waals surface area (Å²) >= 11 is 0. The molecule has 7 nitrogen and oxygen atoms in total. The quantitative estimate of drug-likeness (QED) is 0.322. The molecule has 1 aromatic carbocycles. The van der Waals surface area contributed by atoms with Crippen LogP contribution in [-0.2, 0) is 12.4 Å². The van der Waals surface area contributed by atoms with Crippen molar-refractivity contribution in [1.82, 2.24) is 24.9 Å². The van der Waals surface area contributed by atoms with Crippen LogP contribution in [0.1, 0.15) is 48.1 Å². The lowest BCUT2D eigenvalue weighted by Gasteiger charge is -2.36. The number of aryl methyl sites for hydroxylation is 1. The SMILES string of the molecule is Cc1noc2ccc(-n3cnnc3[C@@H]3[C@H]4CC[C@H](C4)N3c3cc(C(F)(F)F)cc(C(F)(F)F)n3)cc12. The molecule has 13 heteroatoms. The number of alkyl halides is 6. The minimum absolute atomic E-state index is 0.0234. The fourth-order valence-electron chi connectivity index (χ4n) is 5.45. The molecule has 1 aliphatic heterocycles. The Labute approximate surface area is 199 Å². The van der Waals surface area contributed by atoms with Crippen molar-refractivity contribution in [3.63, 3.8) is 0 Å². The van der Waals surface area contributed by atoms with Gasteiger partial charge in [-0.1, -0.05) is 5.16 Å². The first-order chi connectivity index (χ1) is 17.0. The molecule has 6 rings (SSSR count). The van der Waals surface area contributed by atoms with E-state index < -0.39 is 29.7 Å². The molecule has 2 bridgehead atoms. The van der Waals surface area contributed by atoms with Crippen LogP contribution < -0.4 is 4.90 Å². The predicted molar refractivity (Wildman–Crippen MR) is 114 cm³/mol. The summed E-state index contributed by atoms with van der Waals surface area (Å²) < 4.78 is 88.1. The highest BCUT2D eigenvalue weighted by molar-refractivity contribution is 5.81. The van der Waals surface area contributed by atoms with Crippen LogP contribution in [0, 0.1) is 12.8 Å². The lowest BCUT2D eigenvalue weighted by atomic mass is 9.97. The van der Waals surface area contributed by atoms with Crippen LogP contribution in [0.25, 0.3) is 16.7 Å². The lowest BCUT2D eigenvalue weighted by molar-refractivity contribution is -0.145. The normalized spacial score (nSPS) is 22.2. The molecule has 0 N–H and O–H groups in total. The van der Waals surface area contributed by atoms with Crippen molar-refractivity contribution in [2.24, 2.45) is 5.92 Å². The Balaban J connectivity index is 1.48. The summed E-state index contributed by atoms with van der Waals surface area (Å²) in [6.45, 7) is 1.79. The van der Waals surface area contributed by atoms with Crippen LogP contribution in [0.3, 0.4) is 0 Å². The van der Waals surface area contributed by atoms with E-state index in [-0.39, 0.29) is 23.8 Å². The minimum Gasteiger partial charge on any atom is -0.356 e. The van der Waals surface area contributed by atoms with Gasteiger partial charge in [0.2, 0.25) is 0 Å². The summed E-state index contributed by atoms with van der Waals surface area (Å²) in [6, 6.07) is 5.21. The molecule has 188 valence electrons. The first kappa shape index (κ1) is 22.8. The summed E-state index contributed by atoms with van der Waals surface area (Å²) in [5.41, 5.74) is -1.04. The molecule has 36 heavy (non-hydrogen) atoms. The van der Waals surface area contributed by atoms with E-state index in [4.69, 9.17) is 4.52 Å². The van der Waals surface area contributed by atoms with Crippen molar-refractivity contribution >= 4 is 16.8 Å². The molecule has 3 aromatic heterocycles. The van der Waals surface area contributed by atoms with E-state index in [1.807, 2.05) is 6.07 Å². The fraction of sp³-hybridized carbons (Fsp3) is 0.391. The molecule has 1 saturated carbocycles. The molecule has 0 radical (unpaired) electrons. The maximum atomic E-state index is 13.5. The third-order valence-corrected chi connectivity index (χ3v) is 7.03. The van der Waals surface area contributed by atoms with Crippen LogP contribution in [-0.4, -0.2) is 30.9 Å². The zero-order chi connectivity index (χ0) is 25.4. The molecule has 3 atom stereocenters. The van der Waals surface area contributed by atoms with Gasteiger partial charge < -0.3 is 9.42 Å². The maximum Gasteiger partial charge on any atom is 0.433 e. The van der Waals surface area contributed by atoms with Gasteiger partial charge in [-0.2, -0.15) is 26.3 Å². The third-order valence-electron chi connectivity index (χ3n) is 7.03. The van der Waals surface area contributed by atoms with Gasteiger partial charge in [-0.3, -0.25) is 4.57 Å². The number of aromatic nitrogens is 5. The maximum absolute atomic E-state index is 13.5. The number of fused-ring (bicyclic) bond motifs is 3. The fourth-order valence-corrected chi connectivity index (χ4v) is 5.45. The number of piperidine rings is 1. The van der Waals surface area contributed by atoms with E-state index in [1.165, 1.54) is 6.33 Å². The molecule has 0 unspecified atom stereocenters. The zero-order valence-electron chi connectivity index (χ0n) is 18.7. The average molecular weight is 508 g/mol. The molecule has 1 saturated heterocycles. The first-order valence-corrected chi connectivity index (χ1v) is 11.2. The number of benzene rings is 1. The highest BCUT2D eigenvalue weighted by Crippen LogP contribution is 2.52. The number of hydrogen-bond acceptors (Lipinski definition) is 6. The topological polar surface area (TPSA) is 72.9 Å². The van der Waals surface area contributed by atoms with Crippen LogP contribution in [0.5, 0.6) is 0 Å². The molecule has 4 aromatic rings. The van der Waals surface area contributed by atoms with Gasteiger partial charge in [0.05, 0.1) is 17.3 Å². The Bertz CT molecular complexity index is 1430. The van der Waals surface area contributed by atoms with Gasteiger partial charge in [0.15, 0.2) is 11.4 Å².